The van der Waals surface area contributed by atoms with Crippen molar-refractivity contribution in [3.63, 3.8) is 0 Å². The van der Waals surface area contributed by atoms with E-state index < -0.39 is 18.8 Å². The zero-order valence-corrected chi connectivity index (χ0v) is 13.4. The minimum absolute atomic E-state index is 0.00819. The third kappa shape index (κ3) is 5.30. The lowest BCUT2D eigenvalue weighted by molar-refractivity contribution is -0.153. The van der Waals surface area contributed by atoms with Crippen LogP contribution >= 0.6 is 0 Å². The van der Waals surface area contributed by atoms with Gasteiger partial charge in [0.05, 0.1) is 5.69 Å². The summed E-state index contributed by atoms with van der Waals surface area (Å²) >= 11 is 0. The van der Waals surface area contributed by atoms with Crippen LogP contribution in [0.25, 0.3) is 0 Å². The van der Waals surface area contributed by atoms with Crippen LogP contribution in [-0.4, -0.2) is 48.5 Å². The molecule has 134 valence electrons. The number of carbonyl (C=O) groups excluding carboxylic acids is 1. The number of urea groups is 1. The Balaban J connectivity index is 2.06. The maximum absolute atomic E-state index is 12.4. The van der Waals surface area contributed by atoms with Crippen LogP contribution in [0.5, 0.6) is 5.75 Å². The molecule has 1 aromatic rings. The van der Waals surface area contributed by atoms with Gasteiger partial charge in [0.25, 0.3) is 0 Å². The van der Waals surface area contributed by atoms with Gasteiger partial charge in [0.1, 0.15) is 5.75 Å². The highest BCUT2D eigenvalue weighted by atomic mass is 19.4. The monoisotopic (exact) mass is 346 g/mol. The van der Waals surface area contributed by atoms with Crippen molar-refractivity contribution in [2.45, 2.75) is 25.9 Å². The predicted molar refractivity (Wildman–Crippen MR) is 83.1 cm³/mol. The predicted octanol–water partition coefficient (Wildman–Crippen LogP) is 3.17. The largest absolute Gasteiger partial charge is 0.482 e. The van der Waals surface area contributed by atoms with Crippen LogP contribution in [0.15, 0.2) is 18.2 Å². The molecule has 0 spiro atoms. The molecule has 0 bridgehead atoms. The minimum atomic E-state index is -4.45. The normalized spacial score (nSPS) is 18.4. The van der Waals surface area contributed by atoms with Crippen molar-refractivity contribution >= 4 is 11.7 Å². The van der Waals surface area contributed by atoms with E-state index in [-0.39, 0.29) is 24.0 Å². The third-order valence-electron chi connectivity index (χ3n) is 3.83. The van der Waals surface area contributed by atoms with E-state index >= 15 is 0 Å². The molecule has 8 heteroatoms. The molecule has 1 aliphatic rings. The lowest BCUT2D eigenvalue weighted by atomic mass is 9.99. The highest BCUT2D eigenvalue weighted by Crippen LogP contribution is 2.28. The highest BCUT2D eigenvalue weighted by molar-refractivity contribution is 5.91. The first-order valence-corrected chi connectivity index (χ1v) is 7.75. The SMILES string of the molecule is Cc1ccc(NC(=O)N2CCCC(CO)C2)c(OCC(F)(F)F)c1. The van der Waals surface area contributed by atoms with E-state index in [2.05, 4.69) is 5.32 Å². The fourth-order valence-corrected chi connectivity index (χ4v) is 2.60. The Labute approximate surface area is 138 Å². The number of ether oxygens (including phenoxy) is 1. The fourth-order valence-electron chi connectivity index (χ4n) is 2.60. The fraction of sp³-hybridized carbons (Fsp3) is 0.562. The number of aliphatic hydroxyl groups is 1. The molecule has 1 fully saturated rings. The van der Waals surface area contributed by atoms with Crippen molar-refractivity contribution in [1.29, 1.82) is 0 Å². The van der Waals surface area contributed by atoms with Crippen molar-refractivity contribution in [3.8, 4) is 5.75 Å². The standard InChI is InChI=1S/C16H21F3N2O3/c1-11-4-5-13(14(7-11)24-10-16(17,18)19)20-15(23)21-6-2-3-12(8-21)9-22/h4-5,7,12,22H,2-3,6,8-10H2,1H3,(H,20,23). The molecule has 1 atom stereocenters. The van der Waals surface area contributed by atoms with Crippen LogP contribution < -0.4 is 10.1 Å². The van der Waals surface area contributed by atoms with Gasteiger partial charge in [-0.3, -0.25) is 0 Å². The van der Waals surface area contributed by atoms with E-state index in [0.29, 0.717) is 13.1 Å². The quantitative estimate of drug-likeness (QED) is 0.880. The van der Waals surface area contributed by atoms with Gasteiger partial charge in [0.2, 0.25) is 0 Å². The number of halogens is 3. The zero-order chi connectivity index (χ0) is 17.7. The van der Waals surface area contributed by atoms with Gasteiger partial charge < -0.3 is 20.1 Å². The molecule has 2 amide bonds. The molecular weight excluding hydrogens is 325 g/mol. The molecule has 1 aromatic carbocycles. The van der Waals surface area contributed by atoms with Crippen LogP contribution in [0.2, 0.25) is 0 Å². The Morgan fingerprint density at radius 2 is 2.21 bits per heavy atom. The molecule has 2 N–H and O–H groups in total. The maximum Gasteiger partial charge on any atom is 0.422 e. The summed E-state index contributed by atoms with van der Waals surface area (Å²) < 4.78 is 41.9. The first-order valence-electron chi connectivity index (χ1n) is 7.75. The highest BCUT2D eigenvalue weighted by Gasteiger charge is 2.29. The van der Waals surface area contributed by atoms with Gasteiger partial charge in [0, 0.05) is 19.7 Å². The number of hydrogen-bond donors (Lipinski definition) is 2. The van der Waals surface area contributed by atoms with Gasteiger partial charge in [-0.05, 0) is 43.4 Å². The summed E-state index contributed by atoms with van der Waals surface area (Å²) in [7, 11) is 0. The van der Waals surface area contributed by atoms with Crippen molar-refractivity contribution in [2.75, 3.05) is 31.6 Å². The number of anilines is 1. The molecule has 1 saturated heterocycles. The van der Waals surface area contributed by atoms with E-state index in [9.17, 15) is 23.1 Å². The number of piperidine rings is 1. The number of nitrogens with one attached hydrogen (secondary N) is 1. The van der Waals surface area contributed by atoms with Crippen LogP contribution in [0.3, 0.4) is 0 Å². The number of hydrogen-bond acceptors (Lipinski definition) is 3. The average molecular weight is 346 g/mol. The van der Waals surface area contributed by atoms with E-state index in [4.69, 9.17) is 4.74 Å². The van der Waals surface area contributed by atoms with Gasteiger partial charge in [-0.25, -0.2) is 4.79 Å². The topological polar surface area (TPSA) is 61.8 Å². The maximum atomic E-state index is 12.4. The molecule has 1 unspecified atom stereocenters. The van der Waals surface area contributed by atoms with Crippen molar-refractivity contribution in [3.05, 3.63) is 23.8 Å². The van der Waals surface area contributed by atoms with Crippen molar-refractivity contribution in [1.82, 2.24) is 4.90 Å². The molecule has 24 heavy (non-hydrogen) atoms. The Bertz CT molecular complexity index is 578. The average Bonchev–Trinajstić information content (AvgIpc) is 2.54. The zero-order valence-electron chi connectivity index (χ0n) is 13.4. The van der Waals surface area contributed by atoms with E-state index in [1.165, 1.54) is 12.1 Å². The Hall–Kier alpha value is -1.96. The molecular formula is C16H21F3N2O3. The summed E-state index contributed by atoms with van der Waals surface area (Å²) in [5, 5.41) is 11.8. The molecule has 0 radical (unpaired) electrons. The summed E-state index contributed by atoms with van der Waals surface area (Å²) in [6.07, 6.45) is -2.82. The van der Waals surface area contributed by atoms with Crippen LogP contribution in [-0.2, 0) is 0 Å². The molecule has 1 aliphatic heterocycles. The molecule has 2 rings (SSSR count). The minimum Gasteiger partial charge on any atom is -0.482 e. The van der Waals surface area contributed by atoms with Gasteiger partial charge >= 0.3 is 12.2 Å². The second-order valence-corrected chi connectivity index (χ2v) is 5.97. The number of benzene rings is 1. The Morgan fingerprint density at radius 1 is 1.46 bits per heavy atom. The van der Waals surface area contributed by atoms with Crippen LogP contribution in [0.4, 0.5) is 23.7 Å². The number of alkyl halides is 3. The molecule has 0 aromatic heterocycles. The summed E-state index contributed by atoms with van der Waals surface area (Å²) in [5.41, 5.74) is 0.921. The summed E-state index contributed by atoms with van der Waals surface area (Å²) in [4.78, 5) is 13.9. The van der Waals surface area contributed by atoms with Gasteiger partial charge in [-0.1, -0.05) is 6.07 Å². The van der Waals surface area contributed by atoms with Crippen molar-refractivity contribution < 1.29 is 27.8 Å². The van der Waals surface area contributed by atoms with Crippen LogP contribution in [0, 0.1) is 12.8 Å². The molecule has 5 nitrogen and oxygen atoms in total. The van der Waals surface area contributed by atoms with Crippen molar-refractivity contribution in [2.24, 2.45) is 5.92 Å². The lowest BCUT2D eigenvalue weighted by Gasteiger charge is -2.32. The molecule has 0 saturated carbocycles. The number of nitrogens with zero attached hydrogens (tertiary/aromatic N) is 1. The second kappa shape index (κ2) is 7.74. The Kier molecular flexibility index (Phi) is 5.93. The molecule has 1 heterocycles. The second-order valence-electron chi connectivity index (χ2n) is 5.97. The number of carbonyl (C=O) groups is 1. The number of rotatable bonds is 4. The molecule has 0 aliphatic carbocycles. The van der Waals surface area contributed by atoms with Gasteiger partial charge in [0.15, 0.2) is 6.61 Å². The number of aryl methyl sites for hydroxylation is 1. The first kappa shape index (κ1) is 18.4. The lowest BCUT2D eigenvalue weighted by Crippen LogP contribution is -2.43. The number of aliphatic hydroxyl groups excluding tert-OH is 1. The van der Waals surface area contributed by atoms with E-state index in [1.807, 2.05) is 0 Å². The Morgan fingerprint density at radius 3 is 2.88 bits per heavy atom. The first-order chi connectivity index (χ1) is 11.3. The van der Waals surface area contributed by atoms with E-state index in [0.717, 1.165) is 18.4 Å². The van der Waals surface area contributed by atoms with Crippen LogP contribution in [0.1, 0.15) is 18.4 Å². The summed E-state index contributed by atoms with van der Waals surface area (Å²) in [6.45, 7) is 1.28. The summed E-state index contributed by atoms with van der Waals surface area (Å²) in [6, 6.07) is 4.25. The third-order valence-corrected chi connectivity index (χ3v) is 3.83. The number of likely N-dealkylation sites (tertiary alicyclic amines) is 1. The summed E-state index contributed by atoms with van der Waals surface area (Å²) in [5.74, 6) is 0.0138. The van der Waals surface area contributed by atoms with E-state index in [1.54, 1.807) is 17.9 Å². The number of amides is 2. The smallest absolute Gasteiger partial charge is 0.422 e. The van der Waals surface area contributed by atoms with Gasteiger partial charge in [-0.15, -0.1) is 0 Å². The van der Waals surface area contributed by atoms with Gasteiger partial charge in [-0.2, -0.15) is 13.2 Å².